The molecule has 8 heteroatoms. The van der Waals surface area contributed by atoms with Crippen LogP contribution in [-0.2, 0) is 0 Å². The summed E-state index contributed by atoms with van der Waals surface area (Å²) in [6.07, 6.45) is 0.00748. The minimum Gasteiger partial charge on any atom is -0.490 e. The lowest BCUT2D eigenvalue weighted by Gasteiger charge is -2.03. The minimum absolute atomic E-state index is 0.00748. The number of hydrogen-bond donors (Lipinski definition) is 0. The van der Waals surface area contributed by atoms with Crippen molar-refractivity contribution in [3.05, 3.63) is 44.3 Å². The molecule has 0 bridgehead atoms. The molecule has 0 heterocycles. The third kappa shape index (κ3) is 3.19. The van der Waals surface area contributed by atoms with Crippen molar-refractivity contribution in [1.29, 1.82) is 0 Å². The number of nitro groups is 1. The van der Waals surface area contributed by atoms with Gasteiger partial charge in [-0.05, 0) is 17.7 Å². The van der Waals surface area contributed by atoms with Crippen molar-refractivity contribution in [3.8, 4) is 5.75 Å². The number of azide groups is 1. The molecular formula is C10H10N4O4. The predicted octanol–water partition coefficient (Wildman–Crippen LogP) is 2.49. The number of nitro benzene ring substituents is 1. The first kappa shape index (κ1) is 13.5. The van der Waals surface area contributed by atoms with Gasteiger partial charge in [-0.3, -0.25) is 14.9 Å². The van der Waals surface area contributed by atoms with Crippen LogP contribution >= 0.6 is 0 Å². The predicted molar refractivity (Wildman–Crippen MR) is 62.6 cm³/mol. The average molecular weight is 250 g/mol. The van der Waals surface area contributed by atoms with Crippen LogP contribution in [0.4, 0.5) is 5.69 Å². The number of carbonyl (C=O) groups excluding carboxylic acids is 1. The zero-order valence-electron chi connectivity index (χ0n) is 9.57. The van der Waals surface area contributed by atoms with Gasteiger partial charge in [-0.25, -0.2) is 0 Å². The van der Waals surface area contributed by atoms with Crippen molar-refractivity contribution in [2.75, 3.05) is 13.7 Å². The Hall–Kier alpha value is -2.60. The maximum atomic E-state index is 11.6. The van der Waals surface area contributed by atoms with E-state index in [0.717, 1.165) is 6.07 Å². The van der Waals surface area contributed by atoms with Crippen LogP contribution < -0.4 is 4.74 Å². The number of benzene rings is 1. The summed E-state index contributed by atoms with van der Waals surface area (Å²) in [5, 5.41) is 14.0. The van der Waals surface area contributed by atoms with E-state index in [1.165, 1.54) is 19.2 Å². The molecule has 0 unspecified atom stereocenters. The summed E-state index contributed by atoms with van der Waals surface area (Å²) in [6, 6.07) is 3.94. The first-order valence-electron chi connectivity index (χ1n) is 4.96. The SMILES string of the molecule is COc1ccc(C(=O)CCN=[N+]=[N-])cc1[N+](=O)[O-]. The van der Waals surface area contributed by atoms with Gasteiger partial charge in [0.2, 0.25) is 0 Å². The summed E-state index contributed by atoms with van der Waals surface area (Å²) in [5.41, 5.74) is 8.00. The first-order chi connectivity index (χ1) is 8.60. The van der Waals surface area contributed by atoms with Gasteiger partial charge < -0.3 is 4.74 Å². The van der Waals surface area contributed by atoms with Crippen LogP contribution in [0.3, 0.4) is 0 Å². The fraction of sp³-hybridized carbons (Fsp3) is 0.300. The Kier molecular flexibility index (Phi) is 4.65. The number of ether oxygens (including phenoxy) is 1. The summed E-state index contributed by atoms with van der Waals surface area (Å²) in [7, 11) is 1.31. The van der Waals surface area contributed by atoms with E-state index < -0.39 is 4.92 Å². The Bertz CT molecular complexity index is 523. The molecule has 0 aliphatic carbocycles. The second-order valence-corrected chi connectivity index (χ2v) is 3.27. The first-order valence-corrected chi connectivity index (χ1v) is 4.96. The number of hydrogen-bond acceptors (Lipinski definition) is 5. The average Bonchev–Trinajstić information content (AvgIpc) is 2.38. The molecule has 0 N–H and O–H groups in total. The molecule has 0 spiro atoms. The van der Waals surface area contributed by atoms with Gasteiger partial charge in [0.15, 0.2) is 11.5 Å². The third-order valence-electron chi connectivity index (χ3n) is 2.20. The van der Waals surface area contributed by atoms with Gasteiger partial charge in [-0.15, -0.1) is 0 Å². The van der Waals surface area contributed by atoms with E-state index in [-0.39, 0.29) is 35.7 Å². The summed E-state index contributed by atoms with van der Waals surface area (Å²) >= 11 is 0. The largest absolute Gasteiger partial charge is 0.490 e. The van der Waals surface area contributed by atoms with Gasteiger partial charge in [-0.1, -0.05) is 5.11 Å². The normalized spacial score (nSPS) is 9.39. The van der Waals surface area contributed by atoms with Crippen LogP contribution in [0.1, 0.15) is 16.8 Å². The molecule has 1 aromatic carbocycles. The third-order valence-corrected chi connectivity index (χ3v) is 2.20. The Balaban J connectivity index is 2.97. The molecule has 1 aromatic rings. The van der Waals surface area contributed by atoms with Gasteiger partial charge >= 0.3 is 5.69 Å². The number of methoxy groups -OCH3 is 1. The molecule has 94 valence electrons. The Morgan fingerprint density at radius 1 is 1.61 bits per heavy atom. The van der Waals surface area contributed by atoms with E-state index in [1.807, 2.05) is 0 Å². The van der Waals surface area contributed by atoms with Crippen LogP contribution in [0.15, 0.2) is 23.3 Å². The molecule has 0 radical (unpaired) electrons. The highest BCUT2D eigenvalue weighted by Gasteiger charge is 2.17. The number of nitrogens with zero attached hydrogens (tertiary/aromatic N) is 4. The van der Waals surface area contributed by atoms with Crippen molar-refractivity contribution in [2.45, 2.75) is 6.42 Å². The number of Topliss-reactive ketones (excluding diaryl/α,β-unsaturated/α-hetero) is 1. The monoisotopic (exact) mass is 250 g/mol. The van der Waals surface area contributed by atoms with Crippen molar-refractivity contribution < 1.29 is 14.5 Å². The molecule has 8 nitrogen and oxygen atoms in total. The Morgan fingerprint density at radius 2 is 2.33 bits per heavy atom. The Morgan fingerprint density at radius 3 is 2.89 bits per heavy atom. The molecule has 0 fully saturated rings. The van der Waals surface area contributed by atoms with Crippen LogP contribution in [0.25, 0.3) is 10.4 Å². The molecule has 0 aliphatic rings. The van der Waals surface area contributed by atoms with Gasteiger partial charge in [0, 0.05) is 29.5 Å². The van der Waals surface area contributed by atoms with Crippen LogP contribution in [0.2, 0.25) is 0 Å². The molecule has 0 saturated heterocycles. The highest BCUT2D eigenvalue weighted by Crippen LogP contribution is 2.27. The molecule has 0 saturated carbocycles. The fourth-order valence-electron chi connectivity index (χ4n) is 1.35. The van der Waals surface area contributed by atoms with Crippen molar-refractivity contribution in [3.63, 3.8) is 0 Å². The van der Waals surface area contributed by atoms with Gasteiger partial charge in [0.25, 0.3) is 0 Å². The molecule has 18 heavy (non-hydrogen) atoms. The van der Waals surface area contributed by atoms with Crippen molar-refractivity contribution in [1.82, 2.24) is 0 Å². The van der Waals surface area contributed by atoms with E-state index in [4.69, 9.17) is 10.3 Å². The lowest BCUT2D eigenvalue weighted by atomic mass is 10.1. The quantitative estimate of drug-likeness (QED) is 0.192. The summed E-state index contributed by atoms with van der Waals surface area (Å²) < 4.78 is 4.82. The standard InChI is InChI=1S/C10H10N4O4/c1-18-10-3-2-7(6-8(10)14(16)17)9(15)4-5-12-13-11/h2-3,6H,4-5H2,1H3. The van der Waals surface area contributed by atoms with E-state index in [2.05, 4.69) is 10.0 Å². The van der Waals surface area contributed by atoms with Crippen molar-refractivity contribution in [2.24, 2.45) is 5.11 Å². The summed E-state index contributed by atoms with van der Waals surface area (Å²) in [6.45, 7) is 0.0230. The highest BCUT2D eigenvalue weighted by molar-refractivity contribution is 5.97. The maximum absolute atomic E-state index is 11.6. The maximum Gasteiger partial charge on any atom is 0.311 e. The zero-order chi connectivity index (χ0) is 13.5. The van der Waals surface area contributed by atoms with Gasteiger partial charge in [0.1, 0.15) is 0 Å². The second kappa shape index (κ2) is 6.21. The molecular weight excluding hydrogens is 240 g/mol. The van der Waals surface area contributed by atoms with E-state index in [9.17, 15) is 14.9 Å². The van der Waals surface area contributed by atoms with Crippen LogP contribution in [0.5, 0.6) is 5.75 Å². The number of carbonyl (C=O) groups is 1. The van der Waals surface area contributed by atoms with Gasteiger partial charge in [-0.2, -0.15) is 0 Å². The molecule has 0 aliphatic heterocycles. The number of rotatable bonds is 6. The van der Waals surface area contributed by atoms with E-state index in [0.29, 0.717) is 0 Å². The zero-order valence-corrected chi connectivity index (χ0v) is 9.57. The second-order valence-electron chi connectivity index (χ2n) is 3.27. The summed E-state index contributed by atoms with van der Waals surface area (Å²) in [5.74, 6) is -0.236. The summed E-state index contributed by atoms with van der Waals surface area (Å²) in [4.78, 5) is 24.3. The fourth-order valence-corrected chi connectivity index (χ4v) is 1.35. The lowest BCUT2D eigenvalue weighted by molar-refractivity contribution is -0.385. The van der Waals surface area contributed by atoms with E-state index in [1.54, 1.807) is 0 Å². The minimum atomic E-state index is -0.622. The molecule has 0 aromatic heterocycles. The topological polar surface area (TPSA) is 118 Å². The molecule has 0 atom stereocenters. The lowest BCUT2D eigenvalue weighted by Crippen LogP contribution is -2.03. The number of ketones is 1. The van der Waals surface area contributed by atoms with Crippen LogP contribution in [0, 0.1) is 10.1 Å². The van der Waals surface area contributed by atoms with Crippen LogP contribution in [-0.4, -0.2) is 24.4 Å². The van der Waals surface area contributed by atoms with E-state index >= 15 is 0 Å². The Labute approximate surface area is 102 Å². The highest BCUT2D eigenvalue weighted by atomic mass is 16.6. The molecule has 1 rings (SSSR count). The molecule has 0 amide bonds. The smallest absolute Gasteiger partial charge is 0.311 e. The van der Waals surface area contributed by atoms with Gasteiger partial charge in [0.05, 0.1) is 12.0 Å². The van der Waals surface area contributed by atoms with Crippen molar-refractivity contribution >= 4 is 11.5 Å².